The van der Waals surface area contributed by atoms with Crippen molar-refractivity contribution in [2.75, 3.05) is 32.3 Å². The first-order chi connectivity index (χ1) is 15.0. The van der Waals surface area contributed by atoms with E-state index in [1.165, 1.54) is 38.2 Å². The van der Waals surface area contributed by atoms with Crippen molar-refractivity contribution in [3.8, 4) is 11.5 Å². The first-order valence-electron chi connectivity index (χ1n) is 9.41. The SMILES string of the molecule is COc1cc2c(cc1OC)N(C(=O)OCC(Cl)(Cl)Cl)[C@@H](O)[C@@H]1C[C@@H](OC(C)=O)CN1C2=O. The molecular weight excluding hydrogens is 491 g/mol. The fraction of sp³-hybridized carbons (Fsp3) is 0.526. The first-order valence-corrected chi connectivity index (χ1v) is 10.5. The van der Waals surface area contributed by atoms with Crippen LogP contribution in [0, 0.1) is 0 Å². The molecule has 3 atom stereocenters. The molecule has 1 aromatic carbocycles. The maximum atomic E-state index is 13.4. The van der Waals surface area contributed by atoms with Crippen molar-refractivity contribution < 1.29 is 38.4 Å². The number of nitrogens with zero attached hydrogens (tertiary/aromatic N) is 2. The summed E-state index contributed by atoms with van der Waals surface area (Å²) in [5.41, 5.74) is 0.0615. The number of hydrogen-bond acceptors (Lipinski definition) is 8. The monoisotopic (exact) mass is 510 g/mol. The number of methoxy groups -OCH3 is 2. The van der Waals surface area contributed by atoms with Crippen LogP contribution in [0.4, 0.5) is 10.5 Å². The topological polar surface area (TPSA) is 115 Å². The maximum absolute atomic E-state index is 13.4. The lowest BCUT2D eigenvalue weighted by Gasteiger charge is -2.31. The summed E-state index contributed by atoms with van der Waals surface area (Å²) < 4.78 is 19.0. The molecule has 13 heteroatoms. The largest absolute Gasteiger partial charge is 0.493 e. The van der Waals surface area contributed by atoms with E-state index in [2.05, 4.69) is 0 Å². The molecule has 2 heterocycles. The molecule has 1 aromatic rings. The maximum Gasteiger partial charge on any atom is 0.416 e. The molecule has 0 unspecified atom stereocenters. The van der Waals surface area contributed by atoms with E-state index in [9.17, 15) is 19.5 Å². The summed E-state index contributed by atoms with van der Waals surface area (Å²) in [6, 6.07) is 1.87. The van der Waals surface area contributed by atoms with Crippen LogP contribution < -0.4 is 14.4 Å². The van der Waals surface area contributed by atoms with Gasteiger partial charge in [0, 0.05) is 19.4 Å². The van der Waals surface area contributed by atoms with Crippen LogP contribution in [0.25, 0.3) is 0 Å². The number of alkyl halides is 3. The lowest BCUT2D eigenvalue weighted by molar-refractivity contribution is -0.145. The minimum Gasteiger partial charge on any atom is -0.493 e. The fourth-order valence-corrected chi connectivity index (χ4v) is 3.95. The molecule has 1 saturated heterocycles. The lowest BCUT2D eigenvalue weighted by Crippen LogP contribution is -2.51. The number of aliphatic hydroxyl groups is 1. The summed E-state index contributed by atoms with van der Waals surface area (Å²) in [5.74, 6) is -0.583. The molecule has 1 N–H and O–H groups in total. The molecule has 1 fully saturated rings. The van der Waals surface area contributed by atoms with Crippen LogP contribution in [0.3, 0.4) is 0 Å². The molecule has 0 radical (unpaired) electrons. The molecule has 0 aliphatic carbocycles. The van der Waals surface area contributed by atoms with Gasteiger partial charge in [-0.15, -0.1) is 0 Å². The van der Waals surface area contributed by atoms with E-state index in [1.54, 1.807) is 0 Å². The van der Waals surface area contributed by atoms with Crippen molar-refractivity contribution in [3.63, 3.8) is 0 Å². The molecule has 0 aromatic heterocycles. The predicted octanol–water partition coefficient (Wildman–Crippen LogP) is 2.50. The molecule has 0 spiro atoms. The second-order valence-corrected chi connectivity index (χ2v) is 9.69. The number of benzene rings is 1. The average Bonchev–Trinajstić information content (AvgIpc) is 3.10. The number of esters is 1. The number of amides is 2. The van der Waals surface area contributed by atoms with Crippen LogP contribution in [0.15, 0.2) is 12.1 Å². The zero-order valence-corrected chi connectivity index (χ0v) is 19.6. The predicted molar refractivity (Wildman–Crippen MR) is 115 cm³/mol. The molecule has 2 amide bonds. The Kier molecular flexibility index (Phi) is 7.18. The first kappa shape index (κ1) is 24.5. The summed E-state index contributed by atoms with van der Waals surface area (Å²) >= 11 is 17.0. The highest BCUT2D eigenvalue weighted by Crippen LogP contribution is 2.41. The Balaban J connectivity index is 2.09. The Bertz CT molecular complexity index is 923. The Labute approximate surface area is 198 Å². The Hall–Kier alpha value is -2.14. The number of aliphatic hydroxyl groups excluding tert-OH is 1. The van der Waals surface area contributed by atoms with Gasteiger partial charge in [0.1, 0.15) is 12.7 Å². The second-order valence-electron chi connectivity index (χ2n) is 7.17. The highest BCUT2D eigenvalue weighted by Gasteiger charge is 2.49. The van der Waals surface area contributed by atoms with Crippen LogP contribution in [-0.2, 0) is 14.3 Å². The number of rotatable bonds is 4. The van der Waals surface area contributed by atoms with Crippen LogP contribution in [0.1, 0.15) is 23.7 Å². The van der Waals surface area contributed by atoms with Gasteiger partial charge in [0.2, 0.25) is 3.79 Å². The number of ether oxygens (including phenoxy) is 4. The fourth-order valence-electron chi connectivity index (χ4n) is 3.79. The van der Waals surface area contributed by atoms with Crippen molar-refractivity contribution >= 4 is 58.5 Å². The Morgan fingerprint density at radius 2 is 1.81 bits per heavy atom. The minimum absolute atomic E-state index is 0.0212. The average molecular weight is 512 g/mol. The van der Waals surface area contributed by atoms with Crippen molar-refractivity contribution in [2.45, 2.75) is 35.5 Å². The lowest BCUT2D eigenvalue weighted by atomic mass is 10.1. The number of carbonyl (C=O) groups excluding carboxylic acids is 3. The molecule has 0 bridgehead atoms. The smallest absolute Gasteiger partial charge is 0.416 e. The summed E-state index contributed by atoms with van der Waals surface area (Å²) in [4.78, 5) is 40.0. The van der Waals surface area contributed by atoms with Gasteiger partial charge in [-0.05, 0) is 6.07 Å². The quantitative estimate of drug-likeness (QED) is 0.484. The van der Waals surface area contributed by atoms with Crippen LogP contribution in [-0.4, -0.2) is 77.5 Å². The van der Waals surface area contributed by atoms with E-state index < -0.39 is 46.7 Å². The molecule has 0 saturated carbocycles. The van der Waals surface area contributed by atoms with E-state index >= 15 is 0 Å². The van der Waals surface area contributed by atoms with Gasteiger partial charge in [-0.1, -0.05) is 34.8 Å². The van der Waals surface area contributed by atoms with Crippen molar-refractivity contribution in [3.05, 3.63) is 17.7 Å². The summed E-state index contributed by atoms with van der Waals surface area (Å²) in [5, 5.41) is 11.1. The van der Waals surface area contributed by atoms with Gasteiger partial charge in [-0.2, -0.15) is 0 Å². The van der Waals surface area contributed by atoms with Gasteiger partial charge in [0.25, 0.3) is 5.91 Å². The third-order valence-corrected chi connectivity index (χ3v) is 5.38. The summed E-state index contributed by atoms with van der Waals surface area (Å²) in [7, 11) is 2.77. The minimum atomic E-state index is -1.89. The van der Waals surface area contributed by atoms with Gasteiger partial charge < -0.3 is 29.0 Å². The number of carbonyl (C=O) groups is 3. The molecule has 176 valence electrons. The van der Waals surface area contributed by atoms with Crippen molar-refractivity contribution in [2.24, 2.45) is 0 Å². The number of fused-ring (bicyclic) bond motifs is 2. The molecule has 2 aliphatic rings. The molecule has 3 rings (SSSR count). The van der Waals surface area contributed by atoms with Crippen LogP contribution >= 0.6 is 34.8 Å². The van der Waals surface area contributed by atoms with E-state index in [-0.39, 0.29) is 35.7 Å². The molecule has 2 aliphatic heterocycles. The van der Waals surface area contributed by atoms with E-state index in [0.29, 0.717) is 0 Å². The van der Waals surface area contributed by atoms with Crippen molar-refractivity contribution in [1.82, 2.24) is 4.90 Å². The van der Waals surface area contributed by atoms with Crippen LogP contribution in [0.2, 0.25) is 0 Å². The normalized spacial score (nSPS) is 22.6. The molecule has 10 nitrogen and oxygen atoms in total. The van der Waals surface area contributed by atoms with Gasteiger partial charge in [-0.3, -0.25) is 9.59 Å². The standard InChI is InChI=1S/C19H21Cl3N2O8/c1-9(25)32-10-4-13-17(27)24(18(28)31-8-19(20,21)22)12-6-15(30-3)14(29-2)5-11(12)16(26)23(13)7-10/h5-6,10,13,17,27H,4,7-8H2,1-3H3/t10-,13+,17+/m1/s1. The van der Waals surface area contributed by atoms with Gasteiger partial charge in [0.05, 0.1) is 38.1 Å². The van der Waals surface area contributed by atoms with Gasteiger partial charge in [0.15, 0.2) is 17.7 Å². The number of hydrogen-bond donors (Lipinski definition) is 1. The zero-order chi connectivity index (χ0) is 23.8. The zero-order valence-electron chi connectivity index (χ0n) is 17.3. The molecular formula is C19H21Cl3N2O8. The highest BCUT2D eigenvalue weighted by molar-refractivity contribution is 6.67. The number of anilines is 1. The van der Waals surface area contributed by atoms with E-state index in [4.69, 9.17) is 53.8 Å². The second kappa shape index (κ2) is 9.38. The Morgan fingerprint density at radius 3 is 2.38 bits per heavy atom. The van der Waals surface area contributed by atoms with Crippen LogP contribution in [0.5, 0.6) is 11.5 Å². The van der Waals surface area contributed by atoms with Crippen molar-refractivity contribution in [1.29, 1.82) is 0 Å². The van der Waals surface area contributed by atoms with E-state index in [0.717, 1.165) is 4.90 Å². The van der Waals surface area contributed by atoms with Gasteiger partial charge >= 0.3 is 12.1 Å². The molecule has 32 heavy (non-hydrogen) atoms. The summed E-state index contributed by atoms with van der Waals surface area (Å²) in [6.45, 7) is 0.681. The number of halogens is 3. The van der Waals surface area contributed by atoms with Gasteiger partial charge in [-0.25, -0.2) is 9.69 Å². The summed E-state index contributed by atoms with van der Waals surface area (Å²) in [6.07, 6.45) is -3.16. The third kappa shape index (κ3) is 4.93. The highest BCUT2D eigenvalue weighted by atomic mass is 35.6. The van der Waals surface area contributed by atoms with E-state index in [1.807, 2.05) is 0 Å². The third-order valence-electron chi connectivity index (χ3n) is 5.06. The Morgan fingerprint density at radius 1 is 1.19 bits per heavy atom.